The van der Waals surface area contributed by atoms with E-state index in [4.69, 9.17) is 0 Å². The zero-order valence-corrected chi connectivity index (χ0v) is 28.6. The largest absolute Gasteiger partial charge is 0.376 e. The van der Waals surface area contributed by atoms with Crippen LogP contribution in [0.2, 0.25) is 0 Å². The number of nitrogens with zero attached hydrogens (tertiary/aromatic N) is 1. The molecule has 0 aliphatic carbocycles. The Kier molecular flexibility index (Phi) is 10.8. The van der Waals surface area contributed by atoms with Gasteiger partial charge in [-0.15, -0.1) is 0 Å². The molecule has 12 heteroatoms. The fourth-order valence-electron chi connectivity index (χ4n) is 5.17. The van der Waals surface area contributed by atoms with Gasteiger partial charge in [0.05, 0.1) is 11.4 Å². The molecule has 1 aromatic heterocycles. The molecule has 4 atom stereocenters. The number of aromatic amines is 1. The van der Waals surface area contributed by atoms with Gasteiger partial charge in [-0.2, -0.15) is 5.10 Å². The van der Waals surface area contributed by atoms with Crippen molar-refractivity contribution in [3.05, 3.63) is 126 Å². The van der Waals surface area contributed by atoms with E-state index in [1.54, 1.807) is 97.1 Å². The van der Waals surface area contributed by atoms with Crippen molar-refractivity contribution in [3.8, 4) is 22.5 Å². The van der Waals surface area contributed by atoms with Crippen LogP contribution < -0.4 is 21.3 Å². The van der Waals surface area contributed by atoms with Gasteiger partial charge in [0.25, 0.3) is 11.8 Å². The van der Waals surface area contributed by atoms with Gasteiger partial charge in [-0.3, -0.25) is 24.3 Å². The van der Waals surface area contributed by atoms with E-state index in [1.807, 2.05) is 18.2 Å². The predicted molar refractivity (Wildman–Crippen MR) is 194 cm³/mol. The minimum Gasteiger partial charge on any atom is -0.376 e. The number of H-pyrrole nitrogens is 1. The van der Waals surface area contributed by atoms with Crippen LogP contribution >= 0.6 is 0 Å². The van der Waals surface area contributed by atoms with E-state index in [0.29, 0.717) is 28.2 Å². The molecule has 1 heterocycles. The van der Waals surface area contributed by atoms with E-state index in [-0.39, 0.29) is 0 Å². The molecular weight excluding hydrogens is 648 g/mol. The summed E-state index contributed by atoms with van der Waals surface area (Å²) in [6.45, 7) is 5.83. The number of aliphatic hydroxyl groups is 2. The number of hydrogen-bond donors (Lipinski definition) is 7. The maximum atomic E-state index is 12.8. The average Bonchev–Trinajstić information content (AvgIpc) is 3.63. The second-order valence-electron chi connectivity index (χ2n) is 12.6. The standard InChI is InChI=1S/C39H40N6O6/c1-24(40-36(48)38(3,50)28-11-7-5-8-12-28)34(46)42-30-19-15-26(16-20-30)32-23-33(45-44-32)27-17-21-31(22-18-27)43-35(47)25(2)41-37(49)39(4,51)29-13-9-6-10-14-29/h5-25,50-51H,1-4H3,(H,40,48)(H,41,49)(H,42,46)(H,43,47)(H,44,45)/t24-,25-,38-,39-/m0/s1. The van der Waals surface area contributed by atoms with Gasteiger partial charge >= 0.3 is 0 Å². The minimum atomic E-state index is -1.80. The molecule has 0 saturated heterocycles. The number of nitrogens with one attached hydrogen (secondary N) is 5. The molecule has 12 nitrogen and oxygen atoms in total. The quantitative estimate of drug-likeness (QED) is 0.101. The van der Waals surface area contributed by atoms with Crippen molar-refractivity contribution >= 4 is 35.0 Å². The first-order valence-corrected chi connectivity index (χ1v) is 16.3. The van der Waals surface area contributed by atoms with Crippen molar-refractivity contribution in [3.63, 3.8) is 0 Å². The average molecular weight is 689 g/mol. The topological polar surface area (TPSA) is 186 Å². The Balaban J connectivity index is 1.13. The third-order valence-electron chi connectivity index (χ3n) is 8.53. The number of anilines is 2. The third kappa shape index (κ3) is 8.55. The van der Waals surface area contributed by atoms with Gasteiger partial charge in [-0.05, 0) is 74.7 Å². The highest BCUT2D eigenvalue weighted by molar-refractivity contribution is 5.99. The molecule has 0 fully saturated rings. The molecule has 262 valence electrons. The Morgan fingerprint density at radius 1 is 0.608 bits per heavy atom. The Labute approximate surface area is 295 Å². The highest BCUT2D eigenvalue weighted by Gasteiger charge is 2.35. The summed E-state index contributed by atoms with van der Waals surface area (Å²) in [5.74, 6) is -2.27. The summed E-state index contributed by atoms with van der Waals surface area (Å²) in [5, 5.41) is 39.6. The number of rotatable bonds is 12. The zero-order chi connectivity index (χ0) is 36.8. The van der Waals surface area contributed by atoms with Gasteiger partial charge < -0.3 is 31.5 Å². The van der Waals surface area contributed by atoms with Crippen LogP contribution in [0.4, 0.5) is 11.4 Å². The normalized spacial score (nSPS) is 14.5. The summed E-state index contributed by atoms with van der Waals surface area (Å²) in [4.78, 5) is 51.1. The monoisotopic (exact) mass is 688 g/mol. The van der Waals surface area contributed by atoms with Gasteiger partial charge in [0.2, 0.25) is 11.8 Å². The number of carbonyl (C=O) groups is 4. The van der Waals surface area contributed by atoms with Crippen molar-refractivity contribution in [1.29, 1.82) is 0 Å². The van der Waals surface area contributed by atoms with Crippen molar-refractivity contribution in [1.82, 2.24) is 20.8 Å². The molecule has 51 heavy (non-hydrogen) atoms. The molecule has 0 unspecified atom stereocenters. The number of aromatic nitrogens is 2. The van der Waals surface area contributed by atoms with Crippen LogP contribution in [0, 0.1) is 0 Å². The summed E-state index contributed by atoms with van der Waals surface area (Å²) < 4.78 is 0. The SMILES string of the molecule is C[C@H](NC(=O)[C@@](C)(O)c1ccccc1)C(=O)Nc1ccc(-c2cc(-c3ccc(NC(=O)[C@H](C)NC(=O)[C@@](C)(O)c4ccccc4)cc3)[nH]n2)cc1. The lowest BCUT2D eigenvalue weighted by Gasteiger charge is -2.25. The number of amides is 4. The second kappa shape index (κ2) is 15.2. The van der Waals surface area contributed by atoms with E-state index >= 15 is 0 Å². The summed E-state index contributed by atoms with van der Waals surface area (Å²) in [7, 11) is 0. The Bertz CT molecular complexity index is 1850. The molecular formula is C39H40N6O6. The fraction of sp³-hybridized carbons (Fsp3) is 0.205. The van der Waals surface area contributed by atoms with Crippen LogP contribution in [0.5, 0.6) is 0 Å². The number of carbonyl (C=O) groups excluding carboxylic acids is 4. The zero-order valence-electron chi connectivity index (χ0n) is 28.6. The first kappa shape index (κ1) is 36.2. The van der Waals surface area contributed by atoms with Crippen molar-refractivity contribution in [2.24, 2.45) is 0 Å². The van der Waals surface area contributed by atoms with Gasteiger partial charge in [0, 0.05) is 16.9 Å². The van der Waals surface area contributed by atoms with E-state index in [1.165, 1.54) is 27.7 Å². The Hall–Kier alpha value is -6.11. The molecule has 0 aliphatic heterocycles. The number of hydrogen-bond acceptors (Lipinski definition) is 7. The maximum Gasteiger partial charge on any atom is 0.256 e. The lowest BCUT2D eigenvalue weighted by Crippen LogP contribution is -2.49. The van der Waals surface area contributed by atoms with Gasteiger partial charge in [0.15, 0.2) is 11.2 Å². The second-order valence-corrected chi connectivity index (χ2v) is 12.6. The van der Waals surface area contributed by atoms with Crippen molar-refractivity contribution < 1.29 is 29.4 Å². The summed E-state index contributed by atoms with van der Waals surface area (Å²) >= 11 is 0. The lowest BCUT2D eigenvalue weighted by molar-refractivity contribution is -0.141. The summed E-state index contributed by atoms with van der Waals surface area (Å²) in [6.07, 6.45) is 0. The van der Waals surface area contributed by atoms with Crippen LogP contribution in [0.1, 0.15) is 38.8 Å². The predicted octanol–water partition coefficient (Wildman–Crippen LogP) is 4.45. The highest BCUT2D eigenvalue weighted by atomic mass is 16.3. The van der Waals surface area contributed by atoms with E-state index in [9.17, 15) is 29.4 Å². The lowest BCUT2D eigenvalue weighted by atomic mass is 9.95. The molecule has 0 bridgehead atoms. The smallest absolute Gasteiger partial charge is 0.256 e. The molecule has 5 aromatic rings. The van der Waals surface area contributed by atoms with E-state index < -0.39 is 46.9 Å². The fourth-order valence-corrected chi connectivity index (χ4v) is 5.17. The molecule has 5 rings (SSSR count). The Morgan fingerprint density at radius 3 is 1.41 bits per heavy atom. The van der Waals surface area contributed by atoms with Crippen LogP contribution in [0.15, 0.2) is 115 Å². The molecule has 0 radical (unpaired) electrons. The summed E-state index contributed by atoms with van der Waals surface area (Å²) in [5.41, 5.74) is 1.28. The van der Waals surface area contributed by atoms with E-state index in [0.717, 1.165) is 16.8 Å². The van der Waals surface area contributed by atoms with Crippen molar-refractivity contribution in [2.75, 3.05) is 10.6 Å². The van der Waals surface area contributed by atoms with Gasteiger partial charge in [0.1, 0.15) is 12.1 Å². The maximum absolute atomic E-state index is 12.8. The third-order valence-corrected chi connectivity index (χ3v) is 8.53. The van der Waals surface area contributed by atoms with Crippen LogP contribution in [0.25, 0.3) is 22.5 Å². The highest BCUT2D eigenvalue weighted by Crippen LogP contribution is 2.27. The molecule has 0 aliphatic rings. The molecule has 4 amide bonds. The molecule has 7 N–H and O–H groups in total. The molecule has 4 aromatic carbocycles. The minimum absolute atomic E-state index is 0.415. The van der Waals surface area contributed by atoms with Gasteiger partial charge in [-0.1, -0.05) is 84.9 Å². The van der Waals surface area contributed by atoms with E-state index in [2.05, 4.69) is 31.5 Å². The van der Waals surface area contributed by atoms with Crippen molar-refractivity contribution in [2.45, 2.75) is 51.0 Å². The summed E-state index contributed by atoms with van der Waals surface area (Å²) in [6, 6.07) is 31.2. The molecule has 0 spiro atoms. The van der Waals surface area contributed by atoms with Crippen LogP contribution in [-0.4, -0.2) is 56.1 Å². The first-order valence-electron chi connectivity index (χ1n) is 16.3. The van der Waals surface area contributed by atoms with Gasteiger partial charge in [-0.25, -0.2) is 0 Å². The van der Waals surface area contributed by atoms with Crippen LogP contribution in [-0.2, 0) is 30.4 Å². The first-order chi connectivity index (χ1) is 24.3. The number of benzene rings is 4. The molecule has 0 saturated carbocycles. The Morgan fingerprint density at radius 2 is 1.00 bits per heavy atom. The van der Waals surface area contributed by atoms with Crippen LogP contribution in [0.3, 0.4) is 0 Å².